The van der Waals surface area contributed by atoms with E-state index >= 15 is 0 Å². The molecule has 30 heavy (non-hydrogen) atoms. The van der Waals surface area contributed by atoms with Crippen molar-refractivity contribution in [3.05, 3.63) is 72.8 Å². The quantitative estimate of drug-likeness (QED) is 0.494. The van der Waals surface area contributed by atoms with Gasteiger partial charge in [0, 0.05) is 40.8 Å². The number of nitrogens with zero attached hydrogens (tertiary/aromatic N) is 1. The number of aromatic hydroxyl groups is 1. The fraction of sp³-hybridized carbons (Fsp3) is 0.269. The zero-order valence-corrected chi connectivity index (χ0v) is 18.1. The Morgan fingerprint density at radius 3 is 1.93 bits per heavy atom. The molecule has 4 rings (SSSR count). The lowest BCUT2D eigenvalue weighted by Crippen LogP contribution is -2.33. The third-order valence-corrected chi connectivity index (χ3v) is 6.83. The van der Waals surface area contributed by atoms with Gasteiger partial charge in [0.05, 0.1) is 0 Å². The van der Waals surface area contributed by atoms with Crippen LogP contribution in [-0.2, 0) is 4.79 Å². The van der Waals surface area contributed by atoms with Crippen molar-refractivity contribution in [1.82, 2.24) is 4.90 Å². The van der Waals surface area contributed by atoms with Crippen molar-refractivity contribution in [3.8, 4) is 28.0 Å². The van der Waals surface area contributed by atoms with E-state index in [1.807, 2.05) is 84.6 Å². The van der Waals surface area contributed by atoms with Gasteiger partial charge in [-0.15, -0.1) is 11.8 Å². The molecule has 1 heterocycles. The summed E-state index contributed by atoms with van der Waals surface area (Å²) in [7, 11) is 0. The van der Waals surface area contributed by atoms with Crippen LogP contribution in [0.25, 0.3) is 22.3 Å². The first-order valence-electron chi connectivity index (χ1n) is 10.5. The fourth-order valence-corrected chi connectivity index (χ4v) is 4.90. The Hall–Kier alpha value is -2.72. The number of hydrogen-bond acceptors (Lipinski definition) is 3. The largest absolute Gasteiger partial charge is 0.507 e. The molecule has 0 saturated carbocycles. The van der Waals surface area contributed by atoms with Crippen LogP contribution in [0.15, 0.2) is 77.7 Å². The van der Waals surface area contributed by atoms with Gasteiger partial charge in [0.1, 0.15) is 5.75 Å². The third-order valence-electron chi connectivity index (χ3n) is 5.59. The maximum absolute atomic E-state index is 12.7. The standard InChI is InChI=1S/C26H27NO2S/c1-19(26(29)27-14-8-9-15-27)18-30-22-16-23(20-10-4-2-5-11-20)25(28)24(17-22)21-12-6-3-7-13-21/h2-7,10-13,16-17,19,28H,8-9,14-15,18H2,1H3. The second kappa shape index (κ2) is 9.40. The first-order chi connectivity index (χ1) is 14.6. The second-order valence-electron chi connectivity index (χ2n) is 7.84. The zero-order valence-electron chi connectivity index (χ0n) is 17.3. The van der Waals surface area contributed by atoms with Crippen molar-refractivity contribution >= 4 is 17.7 Å². The number of amides is 1. The Morgan fingerprint density at radius 1 is 0.933 bits per heavy atom. The Kier molecular flexibility index (Phi) is 6.44. The van der Waals surface area contributed by atoms with Crippen LogP contribution in [0.5, 0.6) is 5.75 Å². The highest BCUT2D eigenvalue weighted by molar-refractivity contribution is 7.99. The zero-order chi connectivity index (χ0) is 20.9. The van der Waals surface area contributed by atoms with Crippen LogP contribution in [0.1, 0.15) is 19.8 Å². The van der Waals surface area contributed by atoms with Crippen molar-refractivity contribution in [2.45, 2.75) is 24.7 Å². The highest BCUT2D eigenvalue weighted by atomic mass is 32.2. The number of rotatable bonds is 6. The Morgan fingerprint density at radius 2 is 1.43 bits per heavy atom. The van der Waals surface area contributed by atoms with Gasteiger partial charge in [-0.1, -0.05) is 67.6 Å². The van der Waals surface area contributed by atoms with Crippen LogP contribution in [0.2, 0.25) is 0 Å². The van der Waals surface area contributed by atoms with Gasteiger partial charge in [-0.3, -0.25) is 4.79 Å². The summed E-state index contributed by atoms with van der Waals surface area (Å²) < 4.78 is 0. The van der Waals surface area contributed by atoms with Crippen LogP contribution in [0, 0.1) is 5.92 Å². The van der Waals surface area contributed by atoms with Gasteiger partial charge in [0.2, 0.25) is 5.91 Å². The molecule has 0 aromatic heterocycles. The number of carbonyl (C=O) groups is 1. The van der Waals surface area contributed by atoms with E-state index < -0.39 is 0 Å². The number of carbonyl (C=O) groups excluding carboxylic acids is 1. The van der Waals surface area contributed by atoms with E-state index in [0.717, 1.165) is 58.8 Å². The molecular formula is C26H27NO2S. The number of hydrogen-bond donors (Lipinski definition) is 1. The average molecular weight is 418 g/mol. The van der Waals surface area contributed by atoms with Crippen LogP contribution >= 0.6 is 11.8 Å². The van der Waals surface area contributed by atoms with E-state index in [1.54, 1.807) is 11.8 Å². The molecule has 154 valence electrons. The molecule has 0 spiro atoms. The minimum Gasteiger partial charge on any atom is -0.507 e. The van der Waals surface area contributed by atoms with Gasteiger partial charge in [-0.25, -0.2) is 0 Å². The molecule has 0 bridgehead atoms. The Labute approximate surface area is 182 Å². The lowest BCUT2D eigenvalue weighted by Gasteiger charge is -2.20. The van der Waals surface area contributed by atoms with Crippen LogP contribution in [-0.4, -0.2) is 34.8 Å². The molecule has 3 aromatic carbocycles. The molecule has 1 unspecified atom stereocenters. The monoisotopic (exact) mass is 417 g/mol. The first kappa shape index (κ1) is 20.5. The van der Waals surface area contributed by atoms with Crippen molar-refractivity contribution in [2.24, 2.45) is 5.92 Å². The summed E-state index contributed by atoms with van der Waals surface area (Å²) in [6.45, 7) is 3.80. The van der Waals surface area contributed by atoms with Crippen molar-refractivity contribution in [2.75, 3.05) is 18.8 Å². The molecule has 3 aromatic rings. The molecule has 4 heteroatoms. The summed E-state index contributed by atoms with van der Waals surface area (Å²) in [6, 6.07) is 24.0. The Bertz CT molecular complexity index is 938. The van der Waals surface area contributed by atoms with Crippen LogP contribution in [0.4, 0.5) is 0 Å². The molecule has 3 nitrogen and oxygen atoms in total. The van der Waals surface area contributed by atoms with Gasteiger partial charge in [-0.05, 0) is 36.1 Å². The summed E-state index contributed by atoms with van der Waals surface area (Å²) in [5.41, 5.74) is 3.60. The van der Waals surface area contributed by atoms with E-state index in [2.05, 4.69) is 0 Å². The fourth-order valence-electron chi connectivity index (χ4n) is 3.91. The normalized spacial score (nSPS) is 14.6. The summed E-state index contributed by atoms with van der Waals surface area (Å²) in [5.74, 6) is 1.24. The average Bonchev–Trinajstić information content (AvgIpc) is 3.34. The number of phenolic OH excluding ortho intramolecular Hbond substituents is 1. The lowest BCUT2D eigenvalue weighted by atomic mass is 9.97. The Balaban J connectivity index is 1.63. The molecule has 1 fully saturated rings. The van der Waals surface area contributed by atoms with E-state index in [9.17, 15) is 9.90 Å². The van der Waals surface area contributed by atoms with Gasteiger partial charge < -0.3 is 10.0 Å². The van der Waals surface area contributed by atoms with E-state index in [0.29, 0.717) is 0 Å². The molecule has 1 saturated heterocycles. The van der Waals surface area contributed by atoms with Crippen molar-refractivity contribution in [3.63, 3.8) is 0 Å². The number of phenols is 1. The minimum absolute atomic E-state index is 0.0257. The van der Waals surface area contributed by atoms with E-state index in [1.165, 1.54) is 0 Å². The second-order valence-corrected chi connectivity index (χ2v) is 8.94. The number of benzene rings is 3. The van der Waals surface area contributed by atoms with Crippen molar-refractivity contribution in [1.29, 1.82) is 0 Å². The summed E-state index contributed by atoms with van der Waals surface area (Å²) in [4.78, 5) is 15.7. The van der Waals surface area contributed by atoms with Crippen LogP contribution < -0.4 is 0 Å². The summed E-state index contributed by atoms with van der Waals surface area (Å²) in [6.07, 6.45) is 2.23. The molecule has 1 amide bonds. The third kappa shape index (κ3) is 4.54. The highest BCUT2D eigenvalue weighted by Crippen LogP contribution is 2.41. The van der Waals surface area contributed by atoms with Gasteiger partial charge >= 0.3 is 0 Å². The van der Waals surface area contributed by atoms with Crippen LogP contribution in [0.3, 0.4) is 0 Å². The molecule has 0 aliphatic carbocycles. The molecule has 1 aliphatic rings. The topological polar surface area (TPSA) is 40.5 Å². The predicted molar refractivity (Wildman–Crippen MR) is 125 cm³/mol. The molecule has 0 radical (unpaired) electrons. The van der Waals surface area contributed by atoms with E-state index in [-0.39, 0.29) is 17.6 Å². The van der Waals surface area contributed by atoms with Crippen molar-refractivity contribution < 1.29 is 9.90 Å². The van der Waals surface area contributed by atoms with Gasteiger partial charge in [0.15, 0.2) is 0 Å². The lowest BCUT2D eigenvalue weighted by molar-refractivity contribution is -0.133. The number of thioether (sulfide) groups is 1. The summed E-state index contributed by atoms with van der Waals surface area (Å²) >= 11 is 1.68. The predicted octanol–water partition coefficient (Wildman–Crippen LogP) is 6.08. The minimum atomic E-state index is -0.0257. The summed E-state index contributed by atoms with van der Waals surface area (Å²) in [5, 5.41) is 11.1. The number of likely N-dealkylation sites (tertiary alicyclic amines) is 1. The maximum Gasteiger partial charge on any atom is 0.226 e. The van der Waals surface area contributed by atoms with Gasteiger partial charge in [0.25, 0.3) is 0 Å². The molecule has 1 aliphatic heterocycles. The van der Waals surface area contributed by atoms with E-state index in [4.69, 9.17) is 0 Å². The molecule has 1 N–H and O–H groups in total. The highest BCUT2D eigenvalue weighted by Gasteiger charge is 2.23. The molecule has 1 atom stereocenters. The maximum atomic E-state index is 12.7. The van der Waals surface area contributed by atoms with Gasteiger partial charge in [-0.2, -0.15) is 0 Å². The SMILES string of the molecule is CC(CSc1cc(-c2ccccc2)c(O)c(-c2ccccc2)c1)C(=O)N1CCCC1. The molecular weight excluding hydrogens is 390 g/mol. The smallest absolute Gasteiger partial charge is 0.226 e. The first-order valence-corrected chi connectivity index (χ1v) is 11.5.